The summed E-state index contributed by atoms with van der Waals surface area (Å²) in [6, 6.07) is 3.71. The molecule has 0 unspecified atom stereocenters. The van der Waals surface area contributed by atoms with E-state index in [2.05, 4.69) is 0 Å². The number of aryl methyl sites for hydroxylation is 1. The van der Waals surface area contributed by atoms with Crippen LogP contribution in [0.3, 0.4) is 0 Å². The van der Waals surface area contributed by atoms with Crippen LogP contribution in [-0.2, 0) is 12.8 Å². The number of hydrogen-bond acceptors (Lipinski definition) is 2. The molecule has 3 nitrogen and oxygen atoms in total. The predicted molar refractivity (Wildman–Crippen MR) is 47.8 cm³/mol. The number of benzene rings is 1. The Hall–Kier alpha value is -0.330. The van der Waals surface area contributed by atoms with E-state index < -0.39 is 0 Å². The van der Waals surface area contributed by atoms with Gasteiger partial charge in [0, 0.05) is 17.8 Å². The smallest absolute Gasteiger partial charge is 0.131 e. The molecule has 0 heterocycles. The normalized spacial score (nSPS) is 13.6. The minimum absolute atomic E-state index is 0. The Balaban J connectivity index is 0.000000845. The van der Waals surface area contributed by atoms with E-state index in [0.29, 0.717) is 5.69 Å². The first-order valence-electron chi connectivity index (χ1n) is 4.17. The molecule has 0 bridgehead atoms. The molecule has 0 atom stereocenters. The minimum Gasteiger partial charge on any atom is -1.00 e. The van der Waals surface area contributed by atoms with Gasteiger partial charge in [-0.2, -0.15) is 0 Å². The Labute approximate surface area is 94.3 Å². The van der Waals surface area contributed by atoms with Gasteiger partial charge >= 0.3 is 0 Å². The van der Waals surface area contributed by atoms with Gasteiger partial charge in [0.2, 0.25) is 0 Å². The SMILES string of the molecule is Nc1cc([NH2+][O-])cc2c1CCC2.[I-]. The molecular weight excluding hydrogens is 279 g/mol. The highest BCUT2D eigenvalue weighted by Crippen LogP contribution is 2.28. The maximum absolute atomic E-state index is 10.5. The molecule has 1 aromatic rings. The summed E-state index contributed by atoms with van der Waals surface area (Å²) in [5.41, 5.74) is 10.6. The van der Waals surface area contributed by atoms with Gasteiger partial charge in [0.25, 0.3) is 0 Å². The average Bonchev–Trinajstić information content (AvgIpc) is 2.52. The molecule has 1 aliphatic rings. The molecule has 4 N–H and O–H groups in total. The molecular formula is C9H12IN2O-. The topological polar surface area (TPSA) is 65.7 Å². The molecule has 4 heteroatoms. The Bertz CT molecular complexity index is 315. The molecule has 2 rings (SSSR count). The first kappa shape index (κ1) is 10.7. The first-order chi connectivity index (χ1) is 5.81. The zero-order valence-electron chi connectivity index (χ0n) is 7.22. The number of quaternary nitrogens is 1. The van der Waals surface area contributed by atoms with E-state index in [9.17, 15) is 5.21 Å². The summed E-state index contributed by atoms with van der Waals surface area (Å²) < 4.78 is 0. The quantitative estimate of drug-likeness (QED) is 0.340. The van der Waals surface area contributed by atoms with E-state index in [-0.39, 0.29) is 24.0 Å². The van der Waals surface area contributed by atoms with Gasteiger partial charge in [0.05, 0.1) is 0 Å². The molecule has 0 fully saturated rings. The molecule has 0 amide bonds. The largest absolute Gasteiger partial charge is 1.00 e. The monoisotopic (exact) mass is 291 g/mol. The summed E-state index contributed by atoms with van der Waals surface area (Å²) in [5.74, 6) is 0. The lowest BCUT2D eigenvalue weighted by Gasteiger charge is -2.07. The van der Waals surface area contributed by atoms with Gasteiger partial charge in [-0.1, -0.05) is 0 Å². The number of halogens is 1. The zero-order valence-corrected chi connectivity index (χ0v) is 9.37. The second-order valence-electron chi connectivity index (χ2n) is 3.22. The molecule has 72 valence electrons. The van der Waals surface area contributed by atoms with Crippen LogP contribution in [0.2, 0.25) is 0 Å². The number of hydrogen-bond donors (Lipinski definition) is 2. The summed E-state index contributed by atoms with van der Waals surface area (Å²) in [7, 11) is 0. The van der Waals surface area contributed by atoms with Crippen molar-refractivity contribution in [3.05, 3.63) is 28.5 Å². The summed E-state index contributed by atoms with van der Waals surface area (Å²) in [6.45, 7) is 0. The second kappa shape index (κ2) is 4.26. The molecule has 13 heavy (non-hydrogen) atoms. The number of fused-ring (bicyclic) bond motifs is 1. The average molecular weight is 291 g/mol. The Morgan fingerprint density at radius 3 is 2.77 bits per heavy atom. The van der Waals surface area contributed by atoms with Gasteiger partial charge in [-0.3, -0.25) is 0 Å². The molecule has 0 saturated heterocycles. The summed E-state index contributed by atoms with van der Waals surface area (Å²) in [4.78, 5) is 0. The standard InChI is InChI=1S/C9H12N2O.HI/c10-9-5-7(11-12)4-6-2-1-3-8(6)9;/h4-5H,1-3,10-11H2;1H/p-1. The van der Waals surface area contributed by atoms with Crippen molar-refractivity contribution in [3.8, 4) is 0 Å². The number of nitrogen functional groups attached to an aromatic ring is 1. The fourth-order valence-corrected chi connectivity index (χ4v) is 1.83. The zero-order chi connectivity index (χ0) is 8.55. The minimum atomic E-state index is 0. The summed E-state index contributed by atoms with van der Waals surface area (Å²) in [6.07, 6.45) is 3.31. The molecule has 0 radical (unpaired) electrons. The van der Waals surface area contributed by atoms with E-state index in [0.717, 1.165) is 24.0 Å². The van der Waals surface area contributed by atoms with E-state index >= 15 is 0 Å². The van der Waals surface area contributed by atoms with E-state index in [4.69, 9.17) is 5.73 Å². The van der Waals surface area contributed by atoms with Crippen LogP contribution in [0.5, 0.6) is 0 Å². The van der Waals surface area contributed by atoms with Crippen LogP contribution >= 0.6 is 0 Å². The van der Waals surface area contributed by atoms with Crippen LogP contribution < -0.4 is 35.2 Å². The van der Waals surface area contributed by atoms with Crippen LogP contribution in [0.1, 0.15) is 17.5 Å². The van der Waals surface area contributed by atoms with Gasteiger partial charge in [-0.05, 0) is 30.4 Å². The molecule has 0 saturated carbocycles. The van der Waals surface area contributed by atoms with Crippen molar-refractivity contribution in [2.75, 3.05) is 5.73 Å². The van der Waals surface area contributed by atoms with E-state index in [1.165, 1.54) is 17.5 Å². The van der Waals surface area contributed by atoms with Crippen molar-refractivity contribution in [2.24, 2.45) is 0 Å². The fourth-order valence-electron chi connectivity index (χ4n) is 1.83. The molecule has 1 aromatic carbocycles. The van der Waals surface area contributed by atoms with Crippen molar-refractivity contribution in [2.45, 2.75) is 19.3 Å². The lowest BCUT2D eigenvalue weighted by molar-refractivity contribution is -0.497. The number of rotatable bonds is 1. The number of nitrogens with two attached hydrogens (primary N) is 2. The highest BCUT2D eigenvalue weighted by atomic mass is 127. The molecule has 0 spiro atoms. The molecule has 1 aliphatic carbocycles. The third-order valence-corrected chi connectivity index (χ3v) is 2.41. The van der Waals surface area contributed by atoms with Gasteiger partial charge in [0.15, 0.2) is 0 Å². The van der Waals surface area contributed by atoms with Gasteiger partial charge < -0.3 is 40.4 Å². The lowest BCUT2D eigenvalue weighted by Crippen LogP contribution is -3.00. The maximum atomic E-state index is 10.5. The van der Waals surface area contributed by atoms with Gasteiger partial charge in [0.1, 0.15) is 5.69 Å². The van der Waals surface area contributed by atoms with E-state index in [1.54, 1.807) is 6.07 Å². The van der Waals surface area contributed by atoms with Crippen LogP contribution in [0.25, 0.3) is 0 Å². The van der Waals surface area contributed by atoms with Crippen LogP contribution in [0.4, 0.5) is 11.4 Å². The fraction of sp³-hybridized carbons (Fsp3) is 0.333. The Kier molecular flexibility index (Phi) is 3.52. The van der Waals surface area contributed by atoms with Crippen molar-refractivity contribution >= 4 is 11.4 Å². The van der Waals surface area contributed by atoms with Crippen molar-refractivity contribution in [1.82, 2.24) is 0 Å². The Morgan fingerprint density at radius 2 is 2.08 bits per heavy atom. The molecule has 0 aliphatic heterocycles. The lowest BCUT2D eigenvalue weighted by atomic mass is 10.1. The van der Waals surface area contributed by atoms with Crippen molar-refractivity contribution < 1.29 is 29.5 Å². The molecule has 0 aromatic heterocycles. The third kappa shape index (κ3) is 1.95. The van der Waals surface area contributed by atoms with Crippen molar-refractivity contribution in [3.63, 3.8) is 0 Å². The number of anilines is 1. The highest BCUT2D eigenvalue weighted by Gasteiger charge is 2.14. The first-order valence-corrected chi connectivity index (χ1v) is 4.17. The second-order valence-corrected chi connectivity index (χ2v) is 3.22. The van der Waals surface area contributed by atoms with Crippen LogP contribution in [-0.4, -0.2) is 0 Å². The van der Waals surface area contributed by atoms with Crippen LogP contribution in [0, 0.1) is 5.21 Å². The van der Waals surface area contributed by atoms with Gasteiger partial charge in [-0.15, -0.1) is 0 Å². The summed E-state index contributed by atoms with van der Waals surface area (Å²) >= 11 is 0. The van der Waals surface area contributed by atoms with E-state index in [1.807, 2.05) is 6.07 Å². The van der Waals surface area contributed by atoms with Crippen LogP contribution in [0.15, 0.2) is 12.1 Å². The van der Waals surface area contributed by atoms with Gasteiger partial charge in [-0.25, -0.2) is 0 Å². The maximum Gasteiger partial charge on any atom is 0.131 e. The predicted octanol–water partition coefficient (Wildman–Crippen LogP) is -2.55. The highest BCUT2D eigenvalue weighted by molar-refractivity contribution is 5.59. The third-order valence-electron chi connectivity index (χ3n) is 2.41. The Morgan fingerprint density at radius 1 is 1.31 bits per heavy atom. The summed E-state index contributed by atoms with van der Waals surface area (Å²) in [5, 5.41) is 10.5. The van der Waals surface area contributed by atoms with Crippen molar-refractivity contribution in [1.29, 1.82) is 0 Å².